The number of nitriles is 1. The summed E-state index contributed by atoms with van der Waals surface area (Å²) in [4.78, 5) is 0. The normalized spacial score (nSPS) is 5.88. The van der Waals surface area contributed by atoms with Gasteiger partial charge in [0.25, 0.3) is 6.26 Å². The molecule has 1 aromatic rings. The molecule has 1 N–H and O–H groups in total. The van der Waals surface area contributed by atoms with Crippen molar-refractivity contribution >= 4 is 0 Å². The number of aliphatic hydroxyl groups is 1. The molecule has 0 aliphatic heterocycles. The third-order valence-electron chi connectivity index (χ3n) is 0.425. The largest absolute Gasteiger partial charge is 0.473 e. The van der Waals surface area contributed by atoms with Gasteiger partial charge in [-0.15, -0.1) is 0 Å². The molecule has 0 saturated carbocycles. The van der Waals surface area contributed by atoms with Gasteiger partial charge in [0.05, 0.1) is 12.5 Å². The second-order valence-electron chi connectivity index (χ2n) is 0.893. The standard InChI is InChI=1S/C4H4O.CHNO/c1-2-4-5-3-1;2-1-3/h1-4H;3H. The van der Waals surface area contributed by atoms with E-state index >= 15 is 0 Å². The Morgan fingerprint density at radius 3 is 1.88 bits per heavy atom. The zero-order valence-corrected chi connectivity index (χ0v) is 4.11. The number of furan rings is 1. The number of hydrogen-bond donors (Lipinski definition) is 1. The van der Waals surface area contributed by atoms with Gasteiger partial charge in [-0.25, -0.2) is 0 Å². The van der Waals surface area contributed by atoms with Gasteiger partial charge in [0.15, 0.2) is 0 Å². The molecule has 0 fully saturated rings. The van der Waals surface area contributed by atoms with Crippen LogP contribution in [-0.4, -0.2) is 5.11 Å². The molecule has 1 heterocycles. The maximum absolute atomic E-state index is 6.88. The van der Waals surface area contributed by atoms with Gasteiger partial charge < -0.3 is 9.52 Å². The Bertz CT molecular complexity index is 123. The fourth-order valence-electron chi connectivity index (χ4n) is 0.227. The maximum Gasteiger partial charge on any atom is 0.283 e. The van der Waals surface area contributed by atoms with Crippen LogP contribution < -0.4 is 0 Å². The average Bonchev–Trinajstić information content (AvgIpc) is 2.17. The molecular weight excluding hydrogens is 106 g/mol. The molecule has 0 unspecified atom stereocenters. The van der Waals surface area contributed by atoms with Crippen molar-refractivity contribution in [3.05, 3.63) is 24.7 Å². The van der Waals surface area contributed by atoms with Gasteiger partial charge in [0, 0.05) is 0 Å². The van der Waals surface area contributed by atoms with Crippen LogP contribution in [-0.2, 0) is 0 Å². The predicted octanol–water partition coefficient (Wildman–Crippen LogP) is 1.12. The molecule has 0 radical (unpaired) electrons. The summed E-state index contributed by atoms with van der Waals surface area (Å²) in [7, 11) is 0. The Morgan fingerprint density at radius 2 is 1.75 bits per heavy atom. The first-order valence-corrected chi connectivity index (χ1v) is 1.92. The van der Waals surface area contributed by atoms with Crippen molar-refractivity contribution in [3.63, 3.8) is 0 Å². The van der Waals surface area contributed by atoms with E-state index in [0.29, 0.717) is 0 Å². The van der Waals surface area contributed by atoms with E-state index in [4.69, 9.17) is 10.4 Å². The van der Waals surface area contributed by atoms with Crippen LogP contribution in [0.3, 0.4) is 0 Å². The molecule has 8 heavy (non-hydrogen) atoms. The van der Waals surface area contributed by atoms with Crippen LogP contribution in [0.1, 0.15) is 0 Å². The minimum absolute atomic E-state index is 0.750. The van der Waals surface area contributed by atoms with Crippen LogP contribution >= 0.6 is 0 Å². The van der Waals surface area contributed by atoms with Gasteiger partial charge in [-0.3, -0.25) is 0 Å². The van der Waals surface area contributed by atoms with E-state index in [1.807, 2.05) is 12.1 Å². The van der Waals surface area contributed by atoms with E-state index in [1.165, 1.54) is 0 Å². The molecule has 3 nitrogen and oxygen atoms in total. The Balaban J connectivity index is 0.000000145. The van der Waals surface area contributed by atoms with Crippen LogP contribution in [0.2, 0.25) is 0 Å². The SMILES string of the molecule is N#CO.c1ccoc1. The van der Waals surface area contributed by atoms with Gasteiger partial charge >= 0.3 is 0 Å². The van der Waals surface area contributed by atoms with Crippen molar-refractivity contribution in [2.24, 2.45) is 0 Å². The lowest BCUT2D eigenvalue weighted by atomic mass is 10.7. The lowest BCUT2D eigenvalue weighted by Crippen LogP contribution is -1.27. The Morgan fingerprint density at radius 1 is 1.38 bits per heavy atom. The zero-order chi connectivity index (χ0) is 6.24. The fourth-order valence-corrected chi connectivity index (χ4v) is 0.227. The number of aliphatic hydroxyl groups excluding tert-OH is 1. The number of rotatable bonds is 0. The van der Waals surface area contributed by atoms with Crippen LogP contribution in [0, 0.1) is 11.5 Å². The van der Waals surface area contributed by atoms with E-state index in [2.05, 4.69) is 4.42 Å². The lowest BCUT2D eigenvalue weighted by molar-refractivity contribution is 0.503. The average molecular weight is 111 g/mol. The highest BCUT2D eigenvalue weighted by Gasteiger charge is 1.58. The maximum atomic E-state index is 6.88. The molecule has 0 atom stereocenters. The number of nitrogens with zero attached hydrogens (tertiary/aromatic N) is 1. The third kappa shape index (κ3) is 4.57. The van der Waals surface area contributed by atoms with Crippen molar-refractivity contribution < 1.29 is 9.52 Å². The van der Waals surface area contributed by atoms with E-state index < -0.39 is 0 Å². The molecule has 0 bridgehead atoms. The lowest BCUT2D eigenvalue weighted by Gasteiger charge is -1.50. The molecular formula is C5H5NO2. The predicted molar refractivity (Wildman–Crippen MR) is 26.3 cm³/mol. The van der Waals surface area contributed by atoms with E-state index in [9.17, 15) is 0 Å². The van der Waals surface area contributed by atoms with Crippen molar-refractivity contribution in [1.29, 1.82) is 5.26 Å². The first kappa shape index (κ1) is 6.57. The Hall–Kier alpha value is -1.43. The molecule has 1 rings (SSSR count). The van der Waals surface area contributed by atoms with Gasteiger partial charge in [0.1, 0.15) is 0 Å². The Kier molecular flexibility index (Phi) is 4.57. The van der Waals surface area contributed by atoms with Crippen molar-refractivity contribution in [2.75, 3.05) is 0 Å². The highest BCUT2D eigenvalue weighted by Crippen LogP contribution is 1.79. The van der Waals surface area contributed by atoms with Crippen LogP contribution in [0.15, 0.2) is 29.1 Å². The Labute approximate surface area is 46.8 Å². The monoisotopic (exact) mass is 111 g/mol. The highest BCUT2D eigenvalue weighted by atomic mass is 16.3. The van der Waals surface area contributed by atoms with Gasteiger partial charge in [-0.05, 0) is 12.1 Å². The summed E-state index contributed by atoms with van der Waals surface area (Å²) in [6.07, 6.45) is 4.00. The van der Waals surface area contributed by atoms with Gasteiger partial charge in [0.2, 0.25) is 0 Å². The van der Waals surface area contributed by atoms with Crippen molar-refractivity contribution in [1.82, 2.24) is 0 Å². The smallest absolute Gasteiger partial charge is 0.283 e. The fraction of sp³-hybridized carbons (Fsp3) is 0. The quantitative estimate of drug-likeness (QED) is 0.510. The molecule has 0 spiro atoms. The van der Waals surface area contributed by atoms with Gasteiger partial charge in [-0.2, -0.15) is 5.26 Å². The van der Waals surface area contributed by atoms with Crippen LogP contribution in [0.25, 0.3) is 0 Å². The van der Waals surface area contributed by atoms with E-state index in [1.54, 1.807) is 12.5 Å². The molecule has 1 aromatic heterocycles. The second kappa shape index (κ2) is 5.57. The molecule has 42 valence electrons. The number of hydrogen-bond acceptors (Lipinski definition) is 3. The summed E-state index contributed by atoms with van der Waals surface area (Å²) in [6, 6.07) is 3.67. The molecule has 0 aliphatic rings. The van der Waals surface area contributed by atoms with Crippen LogP contribution in [0.4, 0.5) is 0 Å². The van der Waals surface area contributed by atoms with Crippen LogP contribution in [0.5, 0.6) is 0 Å². The summed E-state index contributed by atoms with van der Waals surface area (Å²) in [5.41, 5.74) is 0. The third-order valence-corrected chi connectivity index (χ3v) is 0.425. The molecule has 0 aromatic carbocycles. The summed E-state index contributed by atoms with van der Waals surface area (Å²) in [5.74, 6) is 0. The summed E-state index contributed by atoms with van der Waals surface area (Å²) < 4.78 is 4.58. The minimum Gasteiger partial charge on any atom is -0.473 e. The zero-order valence-electron chi connectivity index (χ0n) is 4.11. The molecule has 3 heteroatoms. The van der Waals surface area contributed by atoms with Gasteiger partial charge in [-0.1, -0.05) is 0 Å². The summed E-state index contributed by atoms with van der Waals surface area (Å²) in [6.45, 7) is 0. The summed E-state index contributed by atoms with van der Waals surface area (Å²) >= 11 is 0. The van der Waals surface area contributed by atoms with Crippen molar-refractivity contribution in [3.8, 4) is 6.26 Å². The first-order valence-electron chi connectivity index (χ1n) is 1.92. The second-order valence-corrected chi connectivity index (χ2v) is 0.893. The molecule has 0 saturated heterocycles. The van der Waals surface area contributed by atoms with Crippen molar-refractivity contribution in [2.45, 2.75) is 0 Å². The van der Waals surface area contributed by atoms with E-state index in [-0.39, 0.29) is 0 Å². The highest BCUT2D eigenvalue weighted by molar-refractivity contribution is 4.79. The van der Waals surface area contributed by atoms with E-state index in [0.717, 1.165) is 6.26 Å². The topological polar surface area (TPSA) is 57.2 Å². The molecule has 0 amide bonds. The summed E-state index contributed by atoms with van der Waals surface area (Å²) in [5, 5.41) is 13.8. The first-order chi connectivity index (χ1) is 3.91. The molecule has 0 aliphatic carbocycles. The minimum atomic E-state index is 0.750.